The number of benzene rings is 2. The standard InChI is InChI=1S/C20H23N3O4S2/c1-14(15-5-4-6-16(13-15)29(21,26)27)22-19(24)9-10-20(25)23-11-12-28-18-8-3-2-7-17(18)23/h2-8,13-14H,9-12H2,1H3,(H,22,24)(H2,21,26,27). The van der Waals surface area contributed by atoms with E-state index in [1.807, 2.05) is 24.3 Å². The Balaban J connectivity index is 1.57. The van der Waals surface area contributed by atoms with Crippen LogP contribution in [0.25, 0.3) is 0 Å². The van der Waals surface area contributed by atoms with Crippen LogP contribution in [0.5, 0.6) is 0 Å². The SMILES string of the molecule is CC(NC(=O)CCC(=O)N1CCSc2ccccc21)c1cccc(S(N)(=O)=O)c1. The summed E-state index contributed by atoms with van der Waals surface area (Å²) in [7, 11) is -3.81. The van der Waals surface area contributed by atoms with E-state index in [9.17, 15) is 18.0 Å². The Kier molecular flexibility index (Phi) is 6.61. The fourth-order valence-corrected chi connectivity index (χ4v) is 4.71. The zero-order valence-corrected chi connectivity index (χ0v) is 17.6. The first-order valence-electron chi connectivity index (χ1n) is 9.20. The number of carbonyl (C=O) groups excluding carboxylic acids is 2. The largest absolute Gasteiger partial charge is 0.350 e. The van der Waals surface area contributed by atoms with Gasteiger partial charge in [0.05, 0.1) is 16.6 Å². The van der Waals surface area contributed by atoms with Gasteiger partial charge in [-0.15, -0.1) is 11.8 Å². The second kappa shape index (κ2) is 8.98. The number of primary sulfonamides is 1. The number of para-hydroxylation sites is 1. The molecule has 29 heavy (non-hydrogen) atoms. The first-order chi connectivity index (χ1) is 13.8. The molecule has 1 aliphatic rings. The lowest BCUT2D eigenvalue weighted by molar-refractivity contribution is -0.125. The Bertz CT molecular complexity index is 1020. The minimum Gasteiger partial charge on any atom is -0.350 e. The van der Waals surface area contributed by atoms with Gasteiger partial charge in [-0.1, -0.05) is 24.3 Å². The van der Waals surface area contributed by atoms with E-state index in [0.29, 0.717) is 12.1 Å². The molecule has 1 unspecified atom stereocenters. The Morgan fingerprint density at radius 3 is 2.69 bits per heavy atom. The topological polar surface area (TPSA) is 110 Å². The van der Waals surface area contributed by atoms with Gasteiger partial charge in [0.2, 0.25) is 21.8 Å². The molecule has 9 heteroatoms. The second-order valence-electron chi connectivity index (χ2n) is 6.77. The summed E-state index contributed by atoms with van der Waals surface area (Å²) in [6, 6.07) is 13.5. The van der Waals surface area contributed by atoms with Crippen molar-refractivity contribution in [1.82, 2.24) is 5.32 Å². The molecule has 0 bridgehead atoms. The predicted octanol–water partition coefficient (Wildman–Crippen LogP) is 2.43. The maximum absolute atomic E-state index is 12.6. The molecule has 0 aliphatic carbocycles. The molecule has 154 valence electrons. The summed E-state index contributed by atoms with van der Waals surface area (Å²) < 4.78 is 23.0. The summed E-state index contributed by atoms with van der Waals surface area (Å²) in [6.45, 7) is 2.37. The van der Waals surface area contributed by atoms with E-state index in [2.05, 4.69) is 5.32 Å². The smallest absolute Gasteiger partial charge is 0.238 e. The van der Waals surface area contributed by atoms with Crippen molar-refractivity contribution >= 4 is 39.3 Å². The number of hydrogen-bond donors (Lipinski definition) is 2. The van der Waals surface area contributed by atoms with E-state index in [1.54, 1.807) is 35.7 Å². The maximum atomic E-state index is 12.6. The zero-order chi connectivity index (χ0) is 21.0. The molecular weight excluding hydrogens is 410 g/mol. The highest BCUT2D eigenvalue weighted by Gasteiger charge is 2.23. The molecule has 1 heterocycles. The monoisotopic (exact) mass is 433 g/mol. The molecule has 0 radical (unpaired) electrons. The molecule has 0 saturated heterocycles. The molecule has 3 rings (SSSR count). The number of sulfonamides is 1. The van der Waals surface area contributed by atoms with Crippen molar-refractivity contribution in [3.05, 3.63) is 54.1 Å². The molecule has 2 aromatic carbocycles. The lowest BCUT2D eigenvalue weighted by atomic mass is 10.1. The van der Waals surface area contributed by atoms with Crippen molar-refractivity contribution in [2.24, 2.45) is 5.14 Å². The van der Waals surface area contributed by atoms with Crippen molar-refractivity contribution in [3.8, 4) is 0 Å². The summed E-state index contributed by atoms with van der Waals surface area (Å²) in [4.78, 5) is 27.7. The van der Waals surface area contributed by atoms with Gasteiger partial charge in [-0.3, -0.25) is 9.59 Å². The van der Waals surface area contributed by atoms with E-state index < -0.39 is 16.1 Å². The molecule has 3 N–H and O–H groups in total. The van der Waals surface area contributed by atoms with Gasteiger partial charge >= 0.3 is 0 Å². The van der Waals surface area contributed by atoms with E-state index in [0.717, 1.165) is 16.3 Å². The van der Waals surface area contributed by atoms with Gasteiger partial charge in [0.15, 0.2) is 0 Å². The number of nitrogens with zero attached hydrogens (tertiary/aromatic N) is 1. The molecular formula is C20H23N3O4S2. The molecule has 1 aliphatic heterocycles. The van der Waals surface area contributed by atoms with Crippen molar-refractivity contribution in [1.29, 1.82) is 0 Å². The summed E-state index contributed by atoms with van der Waals surface area (Å²) in [5.74, 6) is 0.468. The quantitative estimate of drug-likeness (QED) is 0.727. The summed E-state index contributed by atoms with van der Waals surface area (Å²) in [5, 5.41) is 7.96. The molecule has 0 fully saturated rings. The summed E-state index contributed by atoms with van der Waals surface area (Å²) in [6.07, 6.45) is 0.165. The van der Waals surface area contributed by atoms with Crippen molar-refractivity contribution < 1.29 is 18.0 Å². The lowest BCUT2D eigenvalue weighted by Crippen LogP contribution is -2.36. The Morgan fingerprint density at radius 2 is 1.93 bits per heavy atom. The van der Waals surface area contributed by atoms with Gasteiger partial charge < -0.3 is 10.2 Å². The van der Waals surface area contributed by atoms with Gasteiger partial charge in [0.1, 0.15) is 0 Å². The van der Waals surface area contributed by atoms with Crippen LogP contribution < -0.4 is 15.4 Å². The number of nitrogens with two attached hydrogens (primary N) is 1. The van der Waals surface area contributed by atoms with Crippen LogP contribution in [0.15, 0.2) is 58.3 Å². The molecule has 2 amide bonds. The highest BCUT2D eigenvalue weighted by atomic mass is 32.2. The highest BCUT2D eigenvalue weighted by molar-refractivity contribution is 7.99. The van der Waals surface area contributed by atoms with Crippen LogP contribution in [0.1, 0.15) is 31.4 Å². The van der Waals surface area contributed by atoms with E-state index in [1.165, 1.54) is 12.1 Å². The van der Waals surface area contributed by atoms with Gasteiger partial charge in [-0.2, -0.15) is 0 Å². The third kappa shape index (κ3) is 5.37. The molecule has 0 saturated carbocycles. The van der Waals surface area contributed by atoms with Gasteiger partial charge in [-0.25, -0.2) is 13.6 Å². The first-order valence-corrected chi connectivity index (χ1v) is 11.7. The Hall–Kier alpha value is -2.36. The van der Waals surface area contributed by atoms with E-state index >= 15 is 0 Å². The predicted molar refractivity (Wildman–Crippen MR) is 113 cm³/mol. The minimum atomic E-state index is -3.81. The lowest BCUT2D eigenvalue weighted by Gasteiger charge is -2.29. The normalized spacial score (nSPS) is 14.8. The first kappa shape index (κ1) is 21.4. The summed E-state index contributed by atoms with van der Waals surface area (Å²) >= 11 is 1.72. The van der Waals surface area contributed by atoms with E-state index in [4.69, 9.17) is 5.14 Å². The van der Waals surface area contributed by atoms with Crippen molar-refractivity contribution in [2.45, 2.75) is 35.6 Å². The van der Waals surface area contributed by atoms with Crippen LogP contribution >= 0.6 is 11.8 Å². The average molecular weight is 434 g/mol. The van der Waals surface area contributed by atoms with Crippen molar-refractivity contribution in [2.75, 3.05) is 17.2 Å². The van der Waals surface area contributed by atoms with Crippen LogP contribution in [-0.2, 0) is 19.6 Å². The van der Waals surface area contributed by atoms with Crippen LogP contribution in [0, 0.1) is 0 Å². The summed E-state index contributed by atoms with van der Waals surface area (Å²) in [5.41, 5.74) is 1.51. The molecule has 0 aromatic heterocycles. The number of hydrogen-bond acceptors (Lipinski definition) is 5. The number of carbonyl (C=O) groups is 2. The maximum Gasteiger partial charge on any atom is 0.238 e. The average Bonchev–Trinajstić information content (AvgIpc) is 2.71. The Morgan fingerprint density at radius 1 is 1.17 bits per heavy atom. The minimum absolute atomic E-state index is 0.00656. The Labute approximate surface area is 174 Å². The molecule has 7 nitrogen and oxygen atoms in total. The fourth-order valence-electron chi connectivity index (χ4n) is 3.14. The van der Waals surface area contributed by atoms with Gasteiger partial charge in [0.25, 0.3) is 0 Å². The number of anilines is 1. The molecule has 0 spiro atoms. The number of rotatable bonds is 6. The number of thioether (sulfide) groups is 1. The number of amides is 2. The fraction of sp³-hybridized carbons (Fsp3) is 0.300. The highest BCUT2D eigenvalue weighted by Crippen LogP contribution is 2.34. The van der Waals surface area contributed by atoms with Crippen LogP contribution in [-0.4, -0.2) is 32.5 Å². The van der Waals surface area contributed by atoms with Gasteiger partial charge in [0, 0.05) is 30.0 Å². The molecule has 1 atom stereocenters. The van der Waals surface area contributed by atoms with Crippen LogP contribution in [0.3, 0.4) is 0 Å². The number of nitrogens with one attached hydrogen (secondary N) is 1. The van der Waals surface area contributed by atoms with Crippen LogP contribution in [0.4, 0.5) is 5.69 Å². The second-order valence-corrected chi connectivity index (χ2v) is 9.47. The van der Waals surface area contributed by atoms with E-state index in [-0.39, 0.29) is 29.6 Å². The molecule has 2 aromatic rings. The zero-order valence-electron chi connectivity index (χ0n) is 16.0. The van der Waals surface area contributed by atoms with Crippen LogP contribution in [0.2, 0.25) is 0 Å². The third-order valence-corrected chi connectivity index (χ3v) is 6.61. The van der Waals surface area contributed by atoms with Gasteiger partial charge in [-0.05, 0) is 36.8 Å². The van der Waals surface area contributed by atoms with Crippen molar-refractivity contribution in [3.63, 3.8) is 0 Å². The third-order valence-electron chi connectivity index (χ3n) is 4.66. The number of fused-ring (bicyclic) bond motifs is 1.